The van der Waals surface area contributed by atoms with E-state index in [1.165, 1.54) is 7.05 Å². The van der Waals surface area contributed by atoms with Gasteiger partial charge in [-0.2, -0.15) is 4.63 Å². The van der Waals surface area contributed by atoms with Gasteiger partial charge < -0.3 is 15.4 Å². The Bertz CT molecular complexity index is 1330. The number of nitrogens with zero attached hydrogens (tertiary/aromatic N) is 3. The van der Waals surface area contributed by atoms with Gasteiger partial charge in [0.1, 0.15) is 10.8 Å². The lowest BCUT2D eigenvalue weighted by Crippen LogP contribution is -2.22. The van der Waals surface area contributed by atoms with E-state index < -0.39 is 6.09 Å². The van der Waals surface area contributed by atoms with Crippen molar-refractivity contribution in [1.29, 1.82) is 0 Å². The predicted molar refractivity (Wildman–Crippen MR) is 126 cm³/mol. The summed E-state index contributed by atoms with van der Waals surface area (Å²) in [6, 6.07) is 13.5. The molecular formula is C23H23ClN6O3. The molecule has 0 fully saturated rings. The third kappa shape index (κ3) is 4.68. The molecule has 33 heavy (non-hydrogen) atoms. The van der Waals surface area contributed by atoms with Crippen molar-refractivity contribution >= 4 is 34.9 Å². The first-order valence-corrected chi connectivity index (χ1v) is 10.6. The number of H-pyrrole nitrogens is 1. The molecule has 2 amide bonds. The molecule has 9 nitrogen and oxygen atoms in total. The summed E-state index contributed by atoms with van der Waals surface area (Å²) in [5, 5.41) is 13.4. The number of nitrogens with one attached hydrogen (secondary N) is 3. The van der Waals surface area contributed by atoms with Crippen LogP contribution in [0.15, 0.2) is 48.5 Å². The summed E-state index contributed by atoms with van der Waals surface area (Å²) in [7, 11) is 1.47. The molecule has 2 heterocycles. The largest absolute Gasteiger partial charge is 0.412 e. The molecule has 0 bridgehead atoms. The summed E-state index contributed by atoms with van der Waals surface area (Å²) < 4.78 is 6.59. The zero-order chi connectivity index (χ0) is 23.8. The summed E-state index contributed by atoms with van der Waals surface area (Å²) in [5.74, 6) is 0.513. The Morgan fingerprint density at radius 1 is 1.12 bits per heavy atom. The SMILES string of the molecule is CNC(=O)Oc1ccc(C(=O)Nc2cccc(-c3nc4c(Cl)c(C(C)(C)C)[nH]n4n3)c2)cc1. The van der Waals surface area contributed by atoms with Gasteiger partial charge in [-0.15, -0.1) is 5.10 Å². The van der Waals surface area contributed by atoms with Crippen molar-refractivity contribution in [3.63, 3.8) is 0 Å². The first-order chi connectivity index (χ1) is 15.7. The minimum Gasteiger partial charge on any atom is -0.410 e. The zero-order valence-electron chi connectivity index (χ0n) is 18.6. The van der Waals surface area contributed by atoms with E-state index in [1.807, 2.05) is 12.1 Å². The Hall–Kier alpha value is -3.85. The number of aromatic amines is 1. The number of halogens is 1. The normalized spacial score (nSPS) is 11.4. The van der Waals surface area contributed by atoms with Crippen molar-refractivity contribution in [2.75, 3.05) is 12.4 Å². The molecule has 0 aliphatic heterocycles. The second kappa shape index (κ2) is 8.59. The van der Waals surface area contributed by atoms with Crippen LogP contribution in [0.5, 0.6) is 5.75 Å². The molecule has 2 aromatic heterocycles. The highest BCUT2D eigenvalue weighted by Gasteiger charge is 2.24. The molecule has 0 saturated carbocycles. The second-order valence-corrected chi connectivity index (χ2v) is 8.80. The number of amides is 2. The van der Waals surface area contributed by atoms with E-state index in [-0.39, 0.29) is 11.3 Å². The highest BCUT2D eigenvalue weighted by atomic mass is 35.5. The molecule has 0 aliphatic rings. The first-order valence-electron chi connectivity index (χ1n) is 10.2. The molecule has 170 valence electrons. The summed E-state index contributed by atoms with van der Waals surface area (Å²) >= 11 is 6.51. The van der Waals surface area contributed by atoms with Gasteiger partial charge in [0.15, 0.2) is 11.5 Å². The van der Waals surface area contributed by atoms with Gasteiger partial charge in [0.05, 0.1) is 5.69 Å². The van der Waals surface area contributed by atoms with E-state index in [0.29, 0.717) is 33.5 Å². The summed E-state index contributed by atoms with van der Waals surface area (Å²) in [4.78, 5) is 28.5. The van der Waals surface area contributed by atoms with E-state index in [2.05, 4.69) is 46.6 Å². The molecule has 4 rings (SSSR count). The fourth-order valence-electron chi connectivity index (χ4n) is 3.19. The average Bonchev–Trinajstić information content (AvgIpc) is 3.34. The minimum atomic E-state index is -0.579. The number of ether oxygens (including phenoxy) is 1. The van der Waals surface area contributed by atoms with Gasteiger partial charge in [0.2, 0.25) is 0 Å². The highest BCUT2D eigenvalue weighted by molar-refractivity contribution is 6.34. The van der Waals surface area contributed by atoms with Gasteiger partial charge in [-0.1, -0.05) is 44.5 Å². The monoisotopic (exact) mass is 466 g/mol. The molecule has 3 N–H and O–H groups in total. The van der Waals surface area contributed by atoms with Gasteiger partial charge in [0, 0.05) is 29.3 Å². The quantitative estimate of drug-likeness (QED) is 0.405. The van der Waals surface area contributed by atoms with Crippen LogP contribution in [0, 0.1) is 0 Å². The zero-order valence-corrected chi connectivity index (χ0v) is 19.3. The van der Waals surface area contributed by atoms with E-state index >= 15 is 0 Å². The van der Waals surface area contributed by atoms with Crippen molar-refractivity contribution in [3.8, 4) is 17.1 Å². The third-order valence-electron chi connectivity index (χ3n) is 4.90. The molecule has 2 aromatic carbocycles. The average molecular weight is 467 g/mol. The van der Waals surface area contributed by atoms with Crippen LogP contribution in [0.4, 0.5) is 10.5 Å². The maximum Gasteiger partial charge on any atom is 0.412 e. The fraction of sp³-hybridized carbons (Fsp3) is 0.217. The number of rotatable bonds is 4. The summed E-state index contributed by atoms with van der Waals surface area (Å²) in [6.07, 6.45) is -0.579. The standard InChI is InChI=1S/C23H23ClN6O3/c1-23(2,3)18-17(24)20-27-19(29-30(20)28-18)14-6-5-7-15(12-14)26-21(31)13-8-10-16(11-9-13)33-22(32)25-4/h5-12,28H,1-4H3,(H,25,32)(H,26,31). The fourth-order valence-corrected chi connectivity index (χ4v) is 3.64. The molecule has 10 heteroatoms. The van der Waals surface area contributed by atoms with Crippen molar-refractivity contribution < 1.29 is 14.3 Å². The van der Waals surface area contributed by atoms with Gasteiger partial charge in [-0.3, -0.25) is 9.89 Å². The van der Waals surface area contributed by atoms with Crippen molar-refractivity contribution in [1.82, 2.24) is 25.1 Å². The Labute approximate surface area is 195 Å². The third-order valence-corrected chi connectivity index (χ3v) is 5.26. The molecule has 0 spiro atoms. The maximum atomic E-state index is 12.6. The van der Waals surface area contributed by atoms with Crippen molar-refractivity contribution in [2.45, 2.75) is 26.2 Å². The lowest BCUT2D eigenvalue weighted by molar-refractivity contribution is 0.102. The number of carbonyl (C=O) groups excluding carboxylic acids is 2. The Morgan fingerprint density at radius 2 is 1.85 bits per heavy atom. The van der Waals surface area contributed by atoms with E-state index in [9.17, 15) is 9.59 Å². The molecule has 0 radical (unpaired) electrons. The first kappa shape index (κ1) is 22.3. The van der Waals surface area contributed by atoms with Crippen LogP contribution < -0.4 is 15.4 Å². The van der Waals surface area contributed by atoms with Gasteiger partial charge in [0.25, 0.3) is 5.91 Å². The topological polar surface area (TPSA) is 113 Å². The Balaban J connectivity index is 1.52. The Morgan fingerprint density at radius 3 is 2.48 bits per heavy atom. The lowest BCUT2D eigenvalue weighted by Gasteiger charge is -2.16. The molecule has 0 unspecified atom stereocenters. The number of anilines is 1. The van der Waals surface area contributed by atoms with E-state index in [0.717, 1.165) is 11.3 Å². The number of fused-ring (bicyclic) bond motifs is 1. The predicted octanol–water partition coefficient (Wildman–Crippen LogP) is 4.65. The van der Waals surface area contributed by atoms with Crippen LogP contribution in [-0.2, 0) is 5.41 Å². The second-order valence-electron chi connectivity index (χ2n) is 8.42. The summed E-state index contributed by atoms with van der Waals surface area (Å²) in [5.41, 5.74) is 2.97. The number of benzene rings is 2. The molecular weight excluding hydrogens is 444 g/mol. The maximum absolute atomic E-state index is 12.6. The minimum absolute atomic E-state index is 0.170. The summed E-state index contributed by atoms with van der Waals surface area (Å²) in [6.45, 7) is 6.17. The van der Waals surface area contributed by atoms with Gasteiger partial charge in [-0.25, -0.2) is 9.78 Å². The van der Waals surface area contributed by atoms with Crippen LogP contribution in [0.1, 0.15) is 36.8 Å². The molecule has 4 aromatic rings. The van der Waals surface area contributed by atoms with Gasteiger partial charge >= 0.3 is 6.09 Å². The number of carbonyl (C=O) groups is 2. The molecule has 0 saturated heterocycles. The van der Waals surface area contributed by atoms with Crippen molar-refractivity contribution in [2.24, 2.45) is 0 Å². The number of hydrogen-bond acceptors (Lipinski definition) is 5. The smallest absolute Gasteiger partial charge is 0.410 e. The van der Waals surface area contributed by atoms with E-state index in [4.69, 9.17) is 16.3 Å². The van der Waals surface area contributed by atoms with E-state index in [1.54, 1.807) is 41.0 Å². The number of aromatic nitrogens is 4. The van der Waals surface area contributed by atoms with Crippen LogP contribution in [0.25, 0.3) is 17.0 Å². The van der Waals surface area contributed by atoms with Crippen LogP contribution in [-0.4, -0.2) is 38.9 Å². The van der Waals surface area contributed by atoms with Crippen LogP contribution >= 0.6 is 11.6 Å². The molecule has 0 aliphatic carbocycles. The molecule has 0 atom stereocenters. The number of hydrogen-bond donors (Lipinski definition) is 3. The lowest BCUT2D eigenvalue weighted by atomic mass is 9.92. The Kier molecular flexibility index (Phi) is 5.82. The highest BCUT2D eigenvalue weighted by Crippen LogP contribution is 2.32. The van der Waals surface area contributed by atoms with Crippen LogP contribution in [0.3, 0.4) is 0 Å². The van der Waals surface area contributed by atoms with Crippen LogP contribution in [0.2, 0.25) is 5.02 Å². The van der Waals surface area contributed by atoms with Gasteiger partial charge in [-0.05, 0) is 36.4 Å². The van der Waals surface area contributed by atoms with Crippen molar-refractivity contribution in [3.05, 3.63) is 64.8 Å².